The number of morpholine rings is 1. The standard InChI is InChI=1S/C11H15N7O2/c1-16(2)11(19)8-7-17(5-6-20-8)10-4-3-9-12-14-15-18(9)13-10/h3-4,8H,5-7H2,1-2H3. The molecule has 106 valence electrons. The number of carbonyl (C=O) groups excluding carboxylic acids is 1. The van der Waals surface area contributed by atoms with Crippen LogP contribution in [0.4, 0.5) is 5.82 Å². The lowest BCUT2D eigenvalue weighted by atomic mass is 10.2. The van der Waals surface area contributed by atoms with E-state index in [4.69, 9.17) is 4.74 Å². The number of tetrazole rings is 1. The summed E-state index contributed by atoms with van der Waals surface area (Å²) < 4.78 is 6.89. The van der Waals surface area contributed by atoms with Crippen molar-refractivity contribution in [1.29, 1.82) is 0 Å². The first-order valence-corrected chi connectivity index (χ1v) is 6.28. The third-order valence-corrected chi connectivity index (χ3v) is 3.16. The van der Waals surface area contributed by atoms with E-state index < -0.39 is 6.10 Å². The van der Waals surface area contributed by atoms with Crippen LogP contribution in [0.5, 0.6) is 0 Å². The van der Waals surface area contributed by atoms with Crippen molar-refractivity contribution in [2.75, 3.05) is 38.7 Å². The molecule has 1 saturated heterocycles. The Hall–Kier alpha value is -2.29. The highest BCUT2D eigenvalue weighted by Crippen LogP contribution is 2.15. The van der Waals surface area contributed by atoms with Gasteiger partial charge < -0.3 is 14.5 Å². The normalized spacial score (nSPS) is 19.3. The lowest BCUT2D eigenvalue weighted by Crippen LogP contribution is -2.49. The molecule has 0 saturated carbocycles. The maximum Gasteiger partial charge on any atom is 0.253 e. The molecule has 1 amide bonds. The molecule has 9 nitrogen and oxygen atoms in total. The van der Waals surface area contributed by atoms with E-state index in [1.54, 1.807) is 20.2 Å². The SMILES string of the molecule is CN(C)C(=O)C1CN(c2ccc3nnnn3n2)CCO1. The van der Waals surface area contributed by atoms with Gasteiger partial charge in [0.15, 0.2) is 17.6 Å². The number of ether oxygens (including phenoxy) is 1. The molecule has 2 aromatic rings. The van der Waals surface area contributed by atoms with E-state index >= 15 is 0 Å². The predicted molar refractivity (Wildman–Crippen MR) is 69.2 cm³/mol. The maximum absolute atomic E-state index is 12.0. The number of rotatable bonds is 2. The lowest BCUT2D eigenvalue weighted by Gasteiger charge is -2.33. The van der Waals surface area contributed by atoms with Crippen molar-refractivity contribution in [2.24, 2.45) is 0 Å². The fourth-order valence-corrected chi connectivity index (χ4v) is 2.10. The van der Waals surface area contributed by atoms with Gasteiger partial charge in [0.1, 0.15) is 0 Å². The summed E-state index contributed by atoms with van der Waals surface area (Å²) in [5.74, 6) is 0.683. The molecule has 3 heterocycles. The largest absolute Gasteiger partial charge is 0.365 e. The number of carbonyl (C=O) groups is 1. The Balaban J connectivity index is 1.80. The van der Waals surface area contributed by atoms with Crippen LogP contribution >= 0.6 is 0 Å². The molecule has 1 aliphatic rings. The Bertz CT molecular complexity index is 626. The molecule has 0 bridgehead atoms. The minimum Gasteiger partial charge on any atom is -0.365 e. The Labute approximate surface area is 115 Å². The Kier molecular flexibility index (Phi) is 3.18. The van der Waals surface area contributed by atoms with Crippen LogP contribution < -0.4 is 4.90 Å². The summed E-state index contributed by atoms with van der Waals surface area (Å²) >= 11 is 0. The molecule has 0 aromatic carbocycles. The van der Waals surface area contributed by atoms with Gasteiger partial charge in [-0.1, -0.05) is 0 Å². The summed E-state index contributed by atoms with van der Waals surface area (Å²) in [5.41, 5.74) is 0.586. The van der Waals surface area contributed by atoms with Crippen molar-refractivity contribution >= 4 is 17.4 Å². The first-order valence-electron chi connectivity index (χ1n) is 6.28. The van der Waals surface area contributed by atoms with Crippen molar-refractivity contribution in [3.8, 4) is 0 Å². The highest BCUT2D eigenvalue weighted by atomic mass is 16.5. The lowest BCUT2D eigenvalue weighted by molar-refractivity contribution is -0.141. The summed E-state index contributed by atoms with van der Waals surface area (Å²) in [4.78, 5) is 15.5. The first-order chi connectivity index (χ1) is 9.65. The molecule has 1 aliphatic heterocycles. The molecule has 1 unspecified atom stereocenters. The van der Waals surface area contributed by atoms with Gasteiger partial charge in [0.25, 0.3) is 5.91 Å². The molecule has 3 rings (SSSR count). The van der Waals surface area contributed by atoms with Gasteiger partial charge in [0.05, 0.1) is 13.2 Å². The Morgan fingerprint density at radius 1 is 1.45 bits per heavy atom. The van der Waals surface area contributed by atoms with Gasteiger partial charge in [-0.05, 0) is 22.6 Å². The van der Waals surface area contributed by atoms with Gasteiger partial charge in [-0.15, -0.1) is 14.8 Å². The van der Waals surface area contributed by atoms with Crippen molar-refractivity contribution in [1.82, 2.24) is 30.2 Å². The second-order valence-electron chi connectivity index (χ2n) is 4.76. The van der Waals surface area contributed by atoms with Gasteiger partial charge in [-0.2, -0.15) is 0 Å². The summed E-state index contributed by atoms with van der Waals surface area (Å²) in [6.45, 7) is 1.63. The van der Waals surface area contributed by atoms with Crippen molar-refractivity contribution in [3.63, 3.8) is 0 Å². The summed E-state index contributed by atoms with van der Waals surface area (Å²) in [6.07, 6.45) is -0.467. The monoisotopic (exact) mass is 277 g/mol. The minimum atomic E-state index is -0.467. The minimum absolute atomic E-state index is 0.0433. The summed E-state index contributed by atoms with van der Waals surface area (Å²) in [7, 11) is 3.44. The van der Waals surface area contributed by atoms with Crippen LogP contribution in [0.2, 0.25) is 0 Å². The number of hydrogen-bond donors (Lipinski definition) is 0. The van der Waals surface area contributed by atoms with Gasteiger partial charge in [0, 0.05) is 20.6 Å². The second kappa shape index (κ2) is 5.00. The van der Waals surface area contributed by atoms with Crippen molar-refractivity contribution in [3.05, 3.63) is 12.1 Å². The number of hydrogen-bond acceptors (Lipinski definition) is 7. The number of likely N-dealkylation sites (N-methyl/N-ethyl adjacent to an activating group) is 1. The number of amides is 1. The van der Waals surface area contributed by atoms with Crippen LogP contribution in [-0.2, 0) is 9.53 Å². The molecule has 2 aromatic heterocycles. The molecule has 1 atom stereocenters. The molecule has 1 fully saturated rings. The molecule has 9 heteroatoms. The summed E-state index contributed by atoms with van der Waals surface area (Å²) in [5, 5.41) is 15.4. The van der Waals surface area contributed by atoms with E-state index in [9.17, 15) is 4.79 Å². The van der Waals surface area contributed by atoms with E-state index in [1.165, 1.54) is 9.53 Å². The topological polar surface area (TPSA) is 88.8 Å². The molecular weight excluding hydrogens is 262 g/mol. The van der Waals surface area contributed by atoms with Crippen LogP contribution in [-0.4, -0.2) is 76.0 Å². The third kappa shape index (κ3) is 2.27. The van der Waals surface area contributed by atoms with Crippen LogP contribution in [0, 0.1) is 0 Å². The number of anilines is 1. The highest BCUT2D eigenvalue weighted by molar-refractivity contribution is 5.81. The Morgan fingerprint density at radius 2 is 2.30 bits per heavy atom. The maximum atomic E-state index is 12.0. The van der Waals surface area contributed by atoms with Crippen molar-refractivity contribution in [2.45, 2.75) is 6.10 Å². The molecule has 0 N–H and O–H groups in total. The van der Waals surface area contributed by atoms with Gasteiger partial charge in [-0.3, -0.25) is 4.79 Å². The van der Waals surface area contributed by atoms with E-state index in [2.05, 4.69) is 20.6 Å². The van der Waals surface area contributed by atoms with Gasteiger partial charge in [0.2, 0.25) is 0 Å². The quantitative estimate of drug-likeness (QED) is 0.682. The van der Waals surface area contributed by atoms with E-state index in [0.717, 1.165) is 5.82 Å². The predicted octanol–water partition coefficient (Wildman–Crippen LogP) is -1.19. The van der Waals surface area contributed by atoms with E-state index in [-0.39, 0.29) is 5.91 Å². The first kappa shape index (κ1) is 12.7. The van der Waals surface area contributed by atoms with Crippen LogP contribution in [0.15, 0.2) is 12.1 Å². The average molecular weight is 277 g/mol. The molecule has 20 heavy (non-hydrogen) atoms. The number of fused-ring (bicyclic) bond motifs is 1. The second-order valence-corrected chi connectivity index (χ2v) is 4.76. The highest BCUT2D eigenvalue weighted by Gasteiger charge is 2.28. The van der Waals surface area contributed by atoms with Gasteiger partial charge in [-0.25, -0.2) is 0 Å². The van der Waals surface area contributed by atoms with Gasteiger partial charge >= 0.3 is 0 Å². The van der Waals surface area contributed by atoms with Crippen LogP contribution in [0.25, 0.3) is 5.65 Å². The number of nitrogens with zero attached hydrogens (tertiary/aromatic N) is 7. The smallest absolute Gasteiger partial charge is 0.253 e. The zero-order valence-corrected chi connectivity index (χ0v) is 11.3. The van der Waals surface area contributed by atoms with E-state index in [1.807, 2.05) is 11.0 Å². The van der Waals surface area contributed by atoms with Crippen LogP contribution in [0.3, 0.4) is 0 Å². The zero-order valence-electron chi connectivity index (χ0n) is 11.3. The van der Waals surface area contributed by atoms with Crippen LogP contribution in [0.1, 0.15) is 0 Å². The average Bonchev–Trinajstić information content (AvgIpc) is 2.93. The van der Waals surface area contributed by atoms with E-state index in [0.29, 0.717) is 25.3 Å². The number of aromatic nitrogens is 5. The molecule has 0 spiro atoms. The summed E-state index contributed by atoms with van der Waals surface area (Å²) in [6, 6.07) is 3.63. The fourth-order valence-electron chi connectivity index (χ4n) is 2.10. The molecule has 0 radical (unpaired) electrons. The zero-order chi connectivity index (χ0) is 14.1. The molecular formula is C11H15N7O2. The van der Waals surface area contributed by atoms with Crippen molar-refractivity contribution < 1.29 is 9.53 Å². The Morgan fingerprint density at radius 3 is 3.10 bits per heavy atom. The third-order valence-electron chi connectivity index (χ3n) is 3.16. The fraction of sp³-hybridized carbons (Fsp3) is 0.545. The molecule has 0 aliphatic carbocycles.